The van der Waals surface area contributed by atoms with Gasteiger partial charge < -0.3 is 20.5 Å². The van der Waals surface area contributed by atoms with Gasteiger partial charge in [-0.25, -0.2) is 4.98 Å². The summed E-state index contributed by atoms with van der Waals surface area (Å²) < 4.78 is 1.86. The minimum atomic E-state index is -0.168. The van der Waals surface area contributed by atoms with Crippen LogP contribution in [0.1, 0.15) is 13.3 Å². The second-order valence-electron chi connectivity index (χ2n) is 5.45. The summed E-state index contributed by atoms with van der Waals surface area (Å²) in [4.78, 5) is 22.7. The molecule has 2 aliphatic heterocycles. The lowest BCUT2D eigenvalue weighted by atomic mass is 10.1. The number of nitrogens with two attached hydrogens (primary N) is 1. The van der Waals surface area contributed by atoms with Crippen molar-refractivity contribution in [3.63, 3.8) is 0 Å². The van der Waals surface area contributed by atoms with Crippen LogP contribution in [0, 0.1) is 0 Å². The van der Waals surface area contributed by atoms with Crippen LogP contribution < -0.4 is 16.0 Å². The fraction of sp³-hybridized carbons (Fsp3) is 0.267. The summed E-state index contributed by atoms with van der Waals surface area (Å²) in [5.74, 6) is 0.318. The van der Waals surface area contributed by atoms with Crippen molar-refractivity contribution in [2.45, 2.75) is 19.4 Å². The molecule has 22 heavy (non-hydrogen) atoms. The van der Waals surface area contributed by atoms with Gasteiger partial charge in [0.05, 0.1) is 41.7 Å². The van der Waals surface area contributed by atoms with Gasteiger partial charge in [-0.15, -0.1) is 0 Å². The number of aliphatic imine (C=N–C) groups is 1. The van der Waals surface area contributed by atoms with Crippen molar-refractivity contribution in [2.75, 3.05) is 22.5 Å². The van der Waals surface area contributed by atoms with E-state index >= 15 is 0 Å². The van der Waals surface area contributed by atoms with Crippen molar-refractivity contribution in [1.82, 2.24) is 9.55 Å². The highest BCUT2D eigenvalue weighted by molar-refractivity contribution is 6.49. The minimum absolute atomic E-state index is 0.168. The summed E-state index contributed by atoms with van der Waals surface area (Å²) in [6.45, 7) is 2.74. The number of amides is 1. The molecule has 3 heterocycles. The van der Waals surface area contributed by atoms with Gasteiger partial charge >= 0.3 is 0 Å². The van der Waals surface area contributed by atoms with Crippen LogP contribution in [0.4, 0.5) is 17.1 Å². The Kier molecular flexibility index (Phi) is 2.69. The van der Waals surface area contributed by atoms with Gasteiger partial charge in [-0.2, -0.15) is 0 Å². The predicted octanol–water partition coefficient (Wildman–Crippen LogP) is 1.40. The van der Waals surface area contributed by atoms with Crippen LogP contribution in [0.25, 0.3) is 5.69 Å². The normalized spacial score (nSPS) is 19.5. The highest BCUT2D eigenvalue weighted by Gasteiger charge is 2.37. The number of amidine groups is 1. The van der Waals surface area contributed by atoms with Crippen LogP contribution in [-0.2, 0) is 4.79 Å². The van der Waals surface area contributed by atoms with Crippen molar-refractivity contribution in [3.05, 3.63) is 30.9 Å². The molecule has 1 aromatic carbocycles. The molecule has 1 aromatic heterocycles. The van der Waals surface area contributed by atoms with Crippen LogP contribution >= 0.6 is 0 Å². The van der Waals surface area contributed by atoms with E-state index in [9.17, 15) is 4.79 Å². The fourth-order valence-corrected chi connectivity index (χ4v) is 3.02. The summed E-state index contributed by atoms with van der Waals surface area (Å²) in [5.41, 5.74) is 9.22. The molecule has 0 radical (unpaired) electrons. The number of benzene rings is 1. The van der Waals surface area contributed by atoms with E-state index in [4.69, 9.17) is 5.73 Å². The molecule has 0 saturated carbocycles. The van der Waals surface area contributed by atoms with E-state index in [0.29, 0.717) is 18.1 Å². The highest BCUT2D eigenvalue weighted by atomic mass is 16.2. The Bertz CT molecular complexity index is 780. The molecular formula is C15H16N6O. The Balaban J connectivity index is 1.89. The molecule has 7 nitrogen and oxygen atoms in total. The number of hydrogen-bond acceptors (Lipinski definition) is 5. The molecule has 112 valence electrons. The van der Waals surface area contributed by atoms with Gasteiger partial charge in [0.15, 0.2) is 5.84 Å². The monoisotopic (exact) mass is 296 g/mol. The topological polar surface area (TPSA) is 88.5 Å². The smallest absolute Gasteiger partial charge is 0.291 e. The molecule has 4 rings (SSSR count). The zero-order valence-corrected chi connectivity index (χ0v) is 12.2. The van der Waals surface area contributed by atoms with Gasteiger partial charge in [-0.3, -0.25) is 9.79 Å². The first-order valence-corrected chi connectivity index (χ1v) is 7.26. The summed E-state index contributed by atoms with van der Waals surface area (Å²) in [6.07, 6.45) is 6.17. The molecule has 0 aliphatic carbocycles. The molecule has 2 aliphatic rings. The molecule has 0 spiro atoms. The average Bonchev–Trinajstić information content (AvgIpc) is 3.16. The third-order valence-electron chi connectivity index (χ3n) is 4.15. The fourth-order valence-electron chi connectivity index (χ4n) is 3.02. The second-order valence-corrected chi connectivity index (χ2v) is 5.45. The number of nitrogen functional groups attached to an aromatic ring is 1. The number of aromatic nitrogens is 2. The number of imidazole rings is 1. The minimum Gasteiger partial charge on any atom is -0.397 e. The number of anilines is 3. The van der Waals surface area contributed by atoms with Gasteiger partial charge in [0.25, 0.3) is 5.91 Å². The lowest BCUT2D eigenvalue weighted by Gasteiger charge is -2.33. The van der Waals surface area contributed by atoms with Gasteiger partial charge in [-0.1, -0.05) is 6.92 Å². The number of carbonyl (C=O) groups is 1. The first kappa shape index (κ1) is 12.9. The van der Waals surface area contributed by atoms with E-state index in [-0.39, 0.29) is 11.9 Å². The quantitative estimate of drug-likeness (QED) is 0.820. The number of rotatable bonds is 2. The Morgan fingerprint density at radius 3 is 3.00 bits per heavy atom. The summed E-state index contributed by atoms with van der Waals surface area (Å²) in [7, 11) is 0. The van der Waals surface area contributed by atoms with Crippen LogP contribution in [0.5, 0.6) is 0 Å². The standard InChI is InChI=1S/C15H16N6O/c1-2-9-7-18-14-15(22)19-11-5-10(16)12(6-13(11)21(9)14)20-4-3-17-8-20/h3-6,8-9H,2,7,16H2,1H3,(H,19,22). The van der Waals surface area contributed by atoms with E-state index in [0.717, 1.165) is 23.5 Å². The highest BCUT2D eigenvalue weighted by Crippen LogP contribution is 2.39. The largest absolute Gasteiger partial charge is 0.397 e. The van der Waals surface area contributed by atoms with Gasteiger partial charge in [-0.05, 0) is 18.6 Å². The molecule has 0 fully saturated rings. The second kappa shape index (κ2) is 4.59. The Morgan fingerprint density at radius 1 is 1.41 bits per heavy atom. The van der Waals surface area contributed by atoms with E-state index in [1.807, 2.05) is 21.7 Å². The maximum absolute atomic E-state index is 12.2. The molecule has 1 unspecified atom stereocenters. The molecular weight excluding hydrogens is 280 g/mol. The Morgan fingerprint density at radius 2 is 2.27 bits per heavy atom. The van der Waals surface area contributed by atoms with Crippen molar-refractivity contribution in [1.29, 1.82) is 0 Å². The first-order valence-electron chi connectivity index (χ1n) is 7.26. The Hall–Kier alpha value is -2.83. The summed E-state index contributed by atoms with van der Waals surface area (Å²) >= 11 is 0. The van der Waals surface area contributed by atoms with Crippen molar-refractivity contribution < 1.29 is 4.79 Å². The number of fused-ring (bicyclic) bond motifs is 3. The maximum Gasteiger partial charge on any atom is 0.291 e. The molecule has 2 aromatic rings. The van der Waals surface area contributed by atoms with E-state index in [1.54, 1.807) is 18.6 Å². The van der Waals surface area contributed by atoms with Crippen LogP contribution in [0.3, 0.4) is 0 Å². The van der Waals surface area contributed by atoms with E-state index in [2.05, 4.69) is 22.2 Å². The van der Waals surface area contributed by atoms with E-state index < -0.39 is 0 Å². The first-order chi connectivity index (χ1) is 10.7. The molecule has 1 atom stereocenters. The van der Waals surface area contributed by atoms with Crippen molar-refractivity contribution in [3.8, 4) is 5.69 Å². The number of hydrogen-bond donors (Lipinski definition) is 2. The lowest BCUT2D eigenvalue weighted by molar-refractivity contribution is -0.110. The number of carbonyl (C=O) groups excluding carboxylic acids is 1. The zero-order chi connectivity index (χ0) is 15.3. The zero-order valence-electron chi connectivity index (χ0n) is 12.2. The molecule has 0 saturated heterocycles. The van der Waals surface area contributed by atoms with Gasteiger partial charge in [0.2, 0.25) is 0 Å². The number of nitrogens with zero attached hydrogens (tertiary/aromatic N) is 4. The number of nitrogens with one attached hydrogen (secondary N) is 1. The van der Waals surface area contributed by atoms with Crippen LogP contribution in [-0.4, -0.2) is 33.9 Å². The molecule has 0 bridgehead atoms. The molecule has 7 heteroatoms. The van der Waals surface area contributed by atoms with Crippen LogP contribution in [0.2, 0.25) is 0 Å². The van der Waals surface area contributed by atoms with Gasteiger partial charge in [0.1, 0.15) is 0 Å². The van der Waals surface area contributed by atoms with Crippen LogP contribution in [0.15, 0.2) is 35.8 Å². The third-order valence-corrected chi connectivity index (χ3v) is 4.15. The third kappa shape index (κ3) is 1.71. The van der Waals surface area contributed by atoms with Crippen molar-refractivity contribution in [2.24, 2.45) is 4.99 Å². The maximum atomic E-state index is 12.2. The summed E-state index contributed by atoms with van der Waals surface area (Å²) in [6, 6.07) is 3.98. The average molecular weight is 296 g/mol. The molecule has 3 N–H and O–H groups in total. The Labute approximate surface area is 127 Å². The SMILES string of the molecule is CCC1CN=C2C(=O)Nc3cc(N)c(-n4ccnc4)cc3N21. The molecule has 1 amide bonds. The van der Waals surface area contributed by atoms with Gasteiger partial charge in [0, 0.05) is 12.4 Å². The summed E-state index contributed by atoms with van der Waals surface area (Å²) in [5, 5.41) is 2.87. The lowest BCUT2D eigenvalue weighted by Crippen LogP contribution is -2.46. The predicted molar refractivity (Wildman–Crippen MR) is 85.5 cm³/mol. The van der Waals surface area contributed by atoms with Crippen molar-refractivity contribution >= 4 is 28.8 Å². The van der Waals surface area contributed by atoms with E-state index in [1.165, 1.54) is 0 Å².